The zero-order valence-electron chi connectivity index (χ0n) is 10.4. The monoisotopic (exact) mass is 289 g/mol. The molecule has 0 aliphatic heterocycles. The van der Waals surface area contributed by atoms with Crippen LogP contribution in [0.1, 0.15) is 12.5 Å². The van der Waals surface area contributed by atoms with Gasteiger partial charge in [0.05, 0.1) is 6.61 Å². The first kappa shape index (κ1) is 17.2. The molecule has 1 aromatic carbocycles. The van der Waals surface area contributed by atoms with Crippen molar-refractivity contribution < 1.29 is 24.5 Å². The number of carboxylic acid groups (broad SMARTS) is 1. The first-order valence-electron chi connectivity index (χ1n) is 5.45. The number of hydrogen-bond acceptors (Lipinski definition) is 5. The number of phenolic OH excluding ortho intramolecular Hbond substituents is 1. The Labute approximate surface area is 115 Å². The van der Waals surface area contributed by atoms with Crippen LogP contribution in [0.25, 0.3) is 0 Å². The highest BCUT2D eigenvalue weighted by atomic mass is 35.5. The second kappa shape index (κ2) is 9.18. The zero-order chi connectivity index (χ0) is 14.8. The summed E-state index contributed by atoms with van der Waals surface area (Å²) >= 11 is 4.72. The molecule has 0 heterocycles. The molecule has 0 aliphatic rings. The maximum atomic E-state index is 10.4. The van der Waals surface area contributed by atoms with Crippen molar-refractivity contribution >= 4 is 23.0 Å². The zero-order valence-corrected chi connectivity index (χ0v) is 11.1. The lowest BCUT2D eigenvalue weighted by Crippen LogP contribution is -2.32. The lowest BCUT2D eigenvalue weighted by atomic mass is 10.1. The van der Waals surface area contributed by atoms with Gasteiger partial charge in [-0.05, 0) is 31.0 Å². The van der Waals surface area contributed by atoms with E-state index in [1.165, 1.54) is 12.1 Å². The van der Waals surface area contributed by atoms with E-state index in [4.69, 9.17) is 27.5 Å². The van der Waals surface area contributed by atoms with E-state index in [0.29, 0.717) is 6.61 Å². The molecule has 0 unspecified atom stereocenters. The van der Waals surface area contributed by atoms with E-state index in [9.17, 15) is 9.59 Å². The van der Waals surface area contributed by atoms with Gasteiger partial charge in [-0.3, -0.25) is 4.79 Å². The second-order valence-electron chi connectivity index (χ2n) is 3.49. The summed E-state index contributed by atoms with van der Waals surface area (Å²) in [4.78, 5) is 20.0. The summed E-state index contributed by atoms with van der Waals surface area (Å²) in [6.07, 6.45) is 0.273. The normalized spacial score (nSPS) is 10.9. The Morgan fingerprint density at radius 2 is 1.89 bits per heavy atom. The Morgan fingerprint density at radius 1 is 1.37 bits per heavy atom. The van der Waals surface area contributed by atoms with Crippen LogP contribution in [0.5, 0.6) is 5.75 Å². The standard InChI is InChI=1S/C9H11NO3.C3H5ClO2/c10-8(9(12)13)5-6-1-3-7(11)4-2-6;1-2-6-3(4)5/h1-4,8,11H,5,10H2,(H,12,13);2H2,1H3/t8-;/m1./s1. The van der Waals surface area contributed by atoms with Crippen LogP contribution in [0.4, 0.5) is 4.79 Å². The molecule has 6 nitrogen and oxygen atoms in total. The predicted octanol–water partition coefficient (Wildman–Crippen LogP) is 1.73. The fourth-order valence-corrected chi connectivity index (χ4v) is 1.20. The molecule has 4 N–H and O–H groups in total. The summed E-state index contributed by atoms with van der Waals surface area (Å²) in [6, 6.07) is 5.42. The molecule has 0 saturated heterocycles. The van der Waals surface area contributed by atoms with Crippen LogP contribution < -0.4 is 5.73 Å². The maximum Gasteiger partial charge on any atom is 0.403 e. The number of benzene rings is 1. The van der Waals surface area contributed by atoms with Gasteiger partial charge in [0.15, 0.2) is 0 Å². The lowest BCUT2D eigenvalue weighted by Gasteiger charge is -2.05. The van der Waals surface area contributed by atoms with Crippen molar-refractivity contribution in [2.75, 3.05) is 6.61 Å². The number of rotatable bonds is 4. The van der Waals surface area contributed by atoms with Gasteiger partial charge in [0.2, 0.25) is 0 Å². The predicted molar refractivity (Wildman–Crippen MR) is 70.3 cm³/mol. The summed E-state index contributed by atoms with van der Waals surface area (Å²) in [7, 11) is 0. The number of hydrogen-bond donors (Lipinski definition) is 3. The van der Waals surface area contributed by atoms with Gasteiger partial charge in [-0.1, -0.05) is 12.1 Å². The highest BCUT2D eigenvalue weighted by Gasteiger charge is 2.11. The molecule has 1 atom stereocenters. The Kier molecular flexibility index (Phi) is 8.32. The van der Waals surface area contributed by atoms with E-state index in [1.807, 2.05) is 0 Å². The minimum atomic E-state index is -1.02. The number of carboxylic acids is 1. The molecule has 0 bridgehead atoms. The summed E-state index contributed by atoms with van der Waals surface area (Å²) in [5.74, 6) is -0.860. The number of carbonyl (C=O) groups excluding carboxylic acids is 1. The third-order valence-corrected chi connectivity index (χ3v) is 2.08. The fourth-order valence-electron chi connectivity index (χ4n) is 1.09. The number of carbonyl (C=O) groups is 2. The highest BCUT2D eigenvalue weighted by Crippen LogP contribution is 2.10. The molecular formula is C12H16ClNO5. The van der Waals surface area contributed by atoms with Crippen LogP contribution in [-0.4, -0.2) is 34.3 Å². The molecule has 0 radical (unpaired) electrons. The van der Waals surface area contributed by atoms with Crippen molar-refractivity contribution in [1.29, 1.82) is 0 Å². The van der Waals surface area contributed by atoms with E-state index in [0.717, 1.165) is 5.56 Å². The van der Waals surface area contributed by atoms with E-state index >= 15 is 0 Å². The van der Waals surface area contributed by atoms with Gasteiger partial charge in [0.25, 0.3) is 0 Å². The summed E-state index contributed by atoms with van der Waals surface area (Å²) < 4.78 is 4.17. The van der Waals surface area contributed by atoms with E-state index in [2.05, 4.69) is 4.74 Å². The topological polar surface area (TPSA) is 110 Å². The van der Waals surface area contributed by atoms with Crippen molar-refractivity contribution in [2.45, 2.75) is 19.4 Å². The molecule has 19 heavy (non-hydrogen) atoms. The average Bonchev–Trinajstić information content (AvgIpc) is 2.32. The number of halogens is 1. The molecule has 106 valence electrons. The minimum absolute atomic E-state index is 0.160. The minimum Gasteiger partial charge on any atom is -0.508 e. The number of aliphatic carboxylic acids is 1. The third-order valence-electron chi connectivity index (χ3n) is 1.97. The first-order valence-corrected chi connectivity index (χ1v) is 5.83. The number of ether oxygens (including phenoxy) is 1. The highest BCUT2D eigenvalue weighted by molar-refractivity contribution is 6.61. The van der Waals surface area contributed by atoms with Gasteiger partial charge < -0.3 is 20.7 Å². The SMILES string of the molecule is CCOC(=O)Cl.N[C@H](Cc1ccc(O)cc1)C(=O)O. The first-order chi connectivity index (χ1) is 8.86. The molecule has 0 spiro atoms. The summed E-state index contributed by atoms with van der Waals surface area (Å²) in [6.45, 7) is 2.04. The Balaban J connectivity index is 0.000000459. The Hall–Kier alpha value is -1.79. The van der Waals surface area contributed by atoms with Gasteiger partial charge in [-0.25, -0.2) is 4.79 Å². The van der Waals surface area contributed by atoms with Crippen LogP contribution in [0.3, 0.4) is 0 Å². The molecule has 7 heteroatoms. The van der Waals surface area contributed by atoms with Crippen LogP contribution in [0.2, 0.25) is 0 Å². The lowest BCUT2D eigenvalue weighted by molar-refractivity contribution is -0.138. The number of nitrogens with two attached hydrogens (primary N) is 1. The van der Waals surface area contributed by atoms with E-state index < -0.39 is 17.4 Å². The maximum absolute atomic E-state index is 10.4. The van der Waals surface area contributed by atoms with Gasteiger partial charge in [0.1, 0.15) is 11.8 Å². The van der Waals surface area contributed by atoms with Crippen LogP contribution in [-0.2, 0) is 16.0 Å². The van der Waals surface area contributed by atoms with Crippen molar-refractivity contribution in [2.24, 2.45) is 5.73 Å². The van der Waals surface area contributed by atoms with Crippen LogP contribution in [0, 0.1) is 0 Å². The van der Waals surface area contributed by atoms with E-state index in [-0.39, 0.29) is 12.2 Å². The number of aromatic hydroxyl groups is 1. The summed E-state index contributed by atoms with van der Waals surface area (Å²) in [5.41, 5.74) is 5.38. The quantitative estimate of drug-likeness (QED) is 0.728. The van der Waals surface area contributed by atoms with Crippen LogP contribution in [0.15, 0.2) is 24.3 Å². The molecule has 0 fully saturated rings. The molecule has 1 aromatic rings. The van der Waals surface area contributed by atoms with Gasteiger partial charge in [-0.15, -0.1) is 0 Å². The molecule has 1 rings (SSSR count). The Bertz CT molecular complexity index is 407. The third kappa shape index (κ3) is 8.87. The van der Waals surface area contributed by atoms with Gasteiger partial charge in [0, 0.05) is 11.6 Å². The second-order valence-corrected chi connectivity index (χ2v) is 3.79. The van der Waals surface area contributed by atoms with Crippen molar-refractivity contribution in [1.82, 2.24) is 0 Å². The largest absolute Gasteiger partial charge is 0.508 e. The molecule has 0 amide bonds. The van der Waals surface area contributed by atoms with Crippen molar-refractivity contribution in [3.05, 3.63) is 29.8 Å². The fraction of sp³-hybridized carbons (Fsp3) is 0.333. The van der Waals surface area contributed by atoms with Gasteiger partial charge >= 0.3 is 11.4 Å². The van der Waals surface area contributed by atoms with Crippen molar-refractivity contribution in [3.63, 3.8) is 0 Å². The Morgan fingerprint density at radius 3 is 2.21 bits per heavy atom. The van der Waals surface area contributed by atoms with Crippen LogP contribution >= 0.6 is 11.6 Å². The average molecular weight is 290 g/mol. The molecular weight excluding hydrogens is 274 g/mol. The molecule has 0 saturated carbocycles. The molecule has 0 aliphatic carbocycles. The molecule has 0 aromatic heterocycles. The van der Waals surface area contributed by atoms with Crippen molar-refractivity contribution in [3.8, 4) is 5.75 Å². The van der Waals surface area contributed by atoms with Gasteiger partial charge in [-0.2, -0.15) is 0 Å². The smallest absolute Gasteiger partial charge is 0.403 e. The number of phenols is 1. The summed E-state index contributed by atoms with van der Waals surface area (Å²) in [5, 5.41) is 17.5. The van der Waals surface area contributed by atoms with E-state index in [1.54, 1.807) is 19.1 Å².